The number of nitrogens with two attached hydrogens (primary N) is 1. The molecule has 0 bridgehead atoms. The molecule has 6 heteroatoms. The van der Waals surface area contributed by atoms with Gasteiger partial charge in [0.05, 0.1) is 0 Å². The molecule has 2 rings (SSSR count). The van der Waals surface area contributed by atoms with E-state index < -0.39 is 5.97 Å². The number of hydrogen-bond acceptors (Lipinski definition) is 3. The summed E-state index contributed by atoms with van der Waals surface area (Å²) >= 11 is 0. The Hall–Kier alpha value is -3.15. The number of carbonyl (C=O) groups excluding carboxylic acids is 1. The molecule has 0 aliphatic carbocycles. The van der Waals surface area contributed by atoms with E-state index in [4.69, 9.17) is 16.2 Å². The van der Waals surface area contributed by atoms with Crippen molar-refractivity contribution in [2.45, 2.75) is 19.3 Å². The second-order valence-corrected chi connectivity index (χ2v) is 5.36. The van der Waals surface area contributed by atoms with Crippen molar-refractivity contribution in [1.82, 2.24) is 0 Å². The van der Waals surface area contributed by atoms with Gasteiger partial charge in [-0.15, -0.1) is 0 Å². The number of carboxylic acid groups (broad SMARTS) is 1. The molecule has 0 radical (unpaired) electrons. The molecule has 0 heterocycles. The fourth-order valence-corrected chi connectivity index (χ4v) is 2.21. The normalized spacial score (nSPS) is 10.2. The molecule has 0 aliphatic rings. The smallest absolute Gasteiger partial charge is 0.303 e. The van der Waals surface area contributed by atoms with Crippen LogP contribution in [0.4, 0.5) is 5.69 Å². The van der Waals surface area contributed by atoms with E-state index in [1.165, 1.54) is 0 Å². The number of amidine groups is 1. The van der Waals surface area contributed by atoms with Gasteiger partial charge >= 0.3 is 5.97 Å². The fraction of sp³-hybridized carbons (Fsp3) is 0.167. The minimum absolute atomic E-state index is 0.0113. The molecule has 0 saturated heterocycles. The SMILES string of the molecule is N=C(N)c1ccc(-c2ccc(NC(=O)CCCC(=O)O)cc2)cc1. The Balaban J connectivity index is 1.96. The largest absolute Gasteiger partial charge is 0.481 e. The predicted octanol–water partition coefficient (Wildman–Crippen LogP) is 2.83. The maximum absolute atomic E-state index is 11.7. The maximum atomic E-state index is 11.7. The van der Waals surface area contributed by atoms with Crippen LogP contribution in [0.5, 0.6) is 0 Å². The van der Waals surface area contributed by atoms with Gasteiger partial charge in [0.15, 0.2) is 0 Å². The summed E-state index contributed by atoms with van der Waals surface area (Å²) in [4.78, 5) is 22.1. The highest BCUT2D eigenvalue weighted by Crippen LogP contribution is 2.22. The summed E-state index contributed by atoms with van der Waals surface area (Å²) in [7, 11) is 0. The maximum Gasteiger partial charge on any atom is 0.303 e. The lowest BCUT2D eigenvalue weighted by atomic mass is 10.0. The van der Waals surface area contributed by atoms with Crippen LogP contribution < -0.4 is 11.1 Å². The Morgan fingerprint density at radius 2 is 1.50 bits per heavy atom. The van der Waals surface area contributed by atoms with Crippen molar-refractivity contribution in [3.8, 4) is 11.1 Å². The first kappa shape index (κ1) is 17.2. The summed E-state index contributed by atoms with van der Waals surface area (Å²) < 4.78 is 0. The van der Waals surface area contributed by atoms with E-state index in [1.807, 2.05) is 24.3 Å². The van der Waals surface area contributed by atoms with E-state index in [-0.39, 0.29) is 24.6 Å². The third-order valence-electron chi connectivity index (χ3n) is 3.49. The number of aliphatic carboxylic acids is 1. The van der Waals surface area contributed by atoms with Crippen LogP contribution in [0.25, 0.3) is 11.1 Å². The molecule has 2 aromatic rings. The zero-order chi connectivity index (χ0) is 17.5. The number of carboxylic acids is 1. The number of hydrogen-bond donors (Lipinski definition) is 4. The molecule has 0 spiro atoms. The predicted molar refractivity (Wildman–Crippen MR) is 93.0 cm³/mol. The van der Waals surface area contributed by atoms with Crippen molar-refractivity contribution >= 4 is 23.4 Å². The van der Waals surface area contributed by atoms with Crippen molar-refractivity contribution in [2.24, 2.45) is 5.73 Å². The summed E-state index contributed by atoms with van der Waals surface area (Å²) in [6.45, 7) is 0. The second kappa shape index (κ2) is 7.92. The highest BCUT2D eigenvalue weighted by atomic mass is 16.4. The highest BCUT2D eigenvalue weighted by molar-refractivity contribution is 5.95. The quantitative estimate of drug-likeness (QED) is 0.462. The zero-order valence-corrected chi connectivity index (χ0v) is 13.1. The van der Waals surface area contributed by atoms with Crippen LogP contribution in [0, 0.1) is 5.41 Å². The minimum Gasteiger partial charge on any atom is -0.481 e. The molecular weight excluding hydrogens is 306 g/mol. The van der Waals surface area contributed by atoms with Crippen LogP contribution in [0.1, 0.15) is 24.8 Å². The number of rotatable bonds is 7. The van der Waals surface area contributed by atoms with Gasteiger partial charge < -0.3 is 16.2 Å². The zero-order valence-electron chi connectivity index (χ0n) is 13.1. The third kappa shape index (κ3) is 4.95. The van der Waals surface area contributed by atoms with E-state index in [2.05, 4.69) is 5.32 Å². The summed E-state index contributed by atoms with van der Waals surface area (Å²) in [6.07, 6.45) is 0.491. The van der Waals surface area contributed by atoms with Crippen molar-refractivity contribution in [3.63, 3.8) is 0 Å². The van der Waals surface area contributed by atoms with Crippen LogP contribution in [0.3, 0.4) is 0 Å². The number of nitrogen functional groups attached to an aromatic ring is 1. The molecule has 0 fully saturated rings. The molecule has 0 unspecified atom stereocenters. The third-order valence-corrected chi connectivity index (χ3v) is 3.49. The van der Waals surface area contributed by atoms with Crippen molar-refractivity contribution in [2.75, 3.05) is 5.32 Å². The Kier molecular flexibility index (Phi) is 5.68. The Morgan fingerprint density at radius 1 is 0.958 bits per heavy atom. The first-order chi connectivity index (χ1) is 11.5. The van der Waals surface area contributed by atoms with Crippen LogP contribution in [-0.2, 0) is 9.59 Å². The van der Waals surface area contributed by atoms with Crippen LogP contribution >= 0.6 is 0 Å². The molecule has 0 saturated carbocycles. The Labute approximate surface area is 139 Å². The fourth-order valence-electron chi connectivity index (χ4n) is 2.21. The number of nitrogens with one attached hydrogen (secondary N) is 2. The summed E-state index contributed by atoms with van der Waals surface area (Å²) in [6, 6.07) is 14.7. The first-order valence-corrected chi connectivity index (χ1v) is 7.52. The Morgan fingerprint density at radius 3 is 2.00 bits per heavy atom. The Bertz CT molecular complexity index is 737. The van der Waals surface area contributed by atoms with Gasteiger partial charge in [-0.1, -0.05) is 36.4 Å². The van der Waals surface area contributed by atoms with Crippen LogP contribution in [0.15, 0.2) is 48.5 Å². The second-order valence-electron chi connectivity index (χ2n) is 5.36. The number of benzene rings is 2. The standard InChI is InChI=1S/C18H19N3O3/c19-18(20)14-6-4-12(5-7-14)13-8-10-15(11-9-13)21-16(22)2-1-3-17(23)24/h4-11H,1-3H2,(H3,19,20)(H,21,22)(H,23,24). The molecule has 124 valence electrons. The van der Waals surface area contributed by atoms with Gasteiger partial charge in [-0.3, -0.25) is 15.0 Å². The van der Waals surface area contributed by atoms with Gasteiger partial charge in [0.25, 0.3) is 0 Å². The number of carbonyl (C=O) groups is 2. The molecule has 1 amide bonds. The van der Waals surface area contributed by atoms with Crippen molar-refractivity contribution < 1.29 is 14.7 Å². The van der Waals surface area contributed by atoms with E-state index in [0.29, 0.717) is 17.7 Å². The highest BCUT2D eigenvalue weighted by Gasteiger charge is 2.05. The molecule has 0 aromatic heterocycles. The molecule has 0 atom stereocenters. The lowest BCUT2D eigenvalue weighted by Gasteiger charge is -2.07. The molecular formula is C18H19N3O3. The van der Waals surface area contributed by atoms with E-state index >= 15 is 0 Å². The minimum atomic E-state index is -0.900. The van der Waals surface area contributed by atoms with Crippen molar-refractivity contribution in [1.29, 1.82) is 5.41 Å². The summed E-state index contributed by atoms with van der Waals surface area (Å²) in [5, 5.41) is 18.7. The first-order valence-electron chi connectivity index (χ1n) is 7.52. The topological polar surface area (TPSA) is 116 Å². The van der Waals surface area contributed by atoms with Crippen LogP contribution in [0.2, 0.25) is 0 Å². The number of amides is 1. The molecule has 0 aliphatic heterocycles. The van der Waals surface area contributed by atoms with Crippen LogP contribution in [-0.4, -0.2) is 22.8 Å². The van der Waals surface area contributed by atoms with Gasteiger partial charge in [-0.25, -0.2) is 0 Å². The molecule has 2 aromatic carbocycles. The average Bonchev–Trinajstić information content (AvgIpc) is 2.55. The van der Waals surface area contributed by atoms with Gasteiger partial charge in [-0.2, -0.15) is 0 Å². The summed E-state index contributed by atoms with van der Waals surface area (Å²) in [5.41, 5.74) is 8.73. The monoisotopic (exact) mass is 325 g/mol. The number of anilines is 1. The lowest BCUT2D eigenvalue weighted by molar-refractivity contribution is -0.137. The average molecular weight is 325 g/mol. The lowest BCUT2D eigenvalue weighted by Crippen LogP contribution is -2.11. The van der Waals surface area contributed by atoms with Gasteiger partial charge in [-0.05, 0) is 29.7 Å². The van der Waals surface area contributed by atoms with Gasteiger partial charge in [0.1, 0.15) is 5.84 Å². The summed E-state index contributed by atoms with van der Waals surface area (Å²) in [5.74, 6) is -1.07. The molecule has 5 N–H and O–H groups in total. The van der Waals surface area contributed by atoms with E-state index in [0.717, 1.165) is 11.1 Å². The van der Waals surface area contributed by atoms with E-state index in [1.54, 1.807) is 24.3 Å². The molecule has 6 nitrogen and oxygen atoms in total. The van der Waals surface area contributed by atoms with Gasteiger partial charge in [0, 0.05) is 24.1 Å². The molecule has 24 heavy (non-hydrogen) atoms. The van der Waals surface area contributed by atoms with Gasteiger partial charge in [0.2, 0.25) is 5.91 Å². The van der Waals surface area contributed by atoms with E-state index in [9.17, 15) is 9.59 Å². The van der Waals surface area contributed by atoms with Crippen molar-refractivity contribution in [3.05, 3.63) is 54.1 Å².